The average Bonchev–Trinajstić information content (AvgIpc) is 2.53. The first kappa shape index (κ1) is 22.9. The lowest BCUT2D eigenvalue weighted by Crippen LogP contribution is -2.26. The van der Waals surface area contributed by atoms with Gasteiger partial charge in [0.1, 0.15) is 0 Å². The van der Waals surface area contributed by atoms with Gasteiger partial charge < -0.3 is 15.6 Å². The summed E-state index contributed by atoms with van der Waals surface area (Å²) in [5, 5.41) is 8.52. The summed E-state index contributed by atoms with van der Waals surface area (Å²) in [6.07, 6.45) is 11.9. The quantitative estimate of drug-likeness (QED) is 0.212. The van der Waals surface area contributed by atoms with Crippen molar-refractivity contribution in [3.8, 4) is 0 Å². The van der Waals surface area contributed by atoms with Crippen molar-refractivity contribution in [3.05, 3.63) is 0 Å². The van der Waals surface area contributed by atoms with E-state index in [1.165, 1.54) is 0 Å². The summed E-state index contributed by atoms with van der Waals surface area (Å²) in [5.41, 5.74) is 11.3. The van der Waals surface area contributed by atoms with Crippen LogP contribution in [0.25, 0.3) is 0 Å². The minimum atomic E-state index is -0.732. The van der Waals surface area contributed by atoms with Crippen molar-refractivity contribution in [2.45, 2.75) is 96.1 Å². The van der Waals surface area contributed by atoms with Crippen LogP contribution in [0.5, 0.6) is 0 Å². The van der Waals surface area contributed by atoms with E-state index in [4.69, 9.17) is 21.3 Å². The van der Waals surface area contributed by atoms with Crippen LogP contribution in [0, 0.1) is 0 Å². The zero-order chi connectivity index (χ0) is 18.0. The normalized spacial score (nSPS) is 12.1. The molecule has 0 fully saturated rings. The highest BCUT2D eigenvalue weighted by molar-refractivity contribution is 5.69. The highest BCUT2D eigenvalue weighted by atomic mass is 16.6. The van der Waals surface area contributed by atoms with Gasteiger partial charge in [0.05, 0.1) is 0 Å². The van der Waals surface area contributed by atoms with Gasteiger partial charge in [-0.3, -0.25) is 15.3 Å². The molecule has 142 valence electrons. The van der Waals surface area contributed by atoms with Crippen molar-refractivity contribution < 1.29 is 19.4 Å². The van der Waals surface area contributed by atoms with Crippen molar-refractivity contribution in [3.63, 3.8) is 0 Å². The number of carboxylic acid groups (broad SMARTS) is 1. The first-order chi connectivity index (χ1) is 11.6. The van der Waals surface area contributed by atoms with E-state index in [1.54, 1.807) is 0 Å². The van der Waals surface area contributed by atoms with Gasteiger partial charge >= 0.3 is 11.9 Å². The van der Waals surface area contributed by atoms with Crippen LogP contribution in [-0.2, 0) is 14.3 Å². The molecule has 1 unspecified atom stereocenters. The van der Waals surface area contributed by atoms with E-state index < -0.39 is 12.2 Å². The Kier molecular flexibility index (Phi) is 15.9. The molecule has 6 nitrogen and oxygen atoms in total. The minimum Gasteiger partial charge on any atom is -0.481 e. The molecule has 24 heavy (non-hydrogen) atoms. The van der Waals surface area contributed by atoms with Crippen LogP contribution < -0.4 is 11.5 Å². The first-order valence-electron chi connectivity index (χ1n) is 9.43. The molecule has 0 radical (unpaired) electrons. The summed E-state index contributed by atoms with van der Waals surface area (Å²) in [6.45, 7) is 0.749. The number of hydrogen-bond donors (Lipinski definition) is 3. The highest BCUT2D eigenvalue weighted by Gasteiger charge is 2.09. The Balaban J connectivity index is 3.37. The molecular weight excluding hydrogens is 308 g/mol. The van der Waals surface area contributed by atoms with Crippen LogP contribution >= 0.6 is 0 Å². The summed E-state index contributed by atoms with van der Waals surface area (Å²) in [7, 11) is 0. The molecular formula is C18H36N2O4. The summed E-state index contributed by atoms with van der Waals surface area (Å²) in [6, 6.07) is 0. The average molecular weight is 344 g/mol. The topological polar surface area (TPSA) is 116 Å². The predicted molar refractivity (Wildman–Crippen MR) is 95.4 cm³/mol. The van der Waals surface area contributed by atoms with E-state index in [0.29, 0.717) is 6.42 Å². The van der Waals surface area contributed by atoms with Crippen molar-refractivity contribution in [2.24, 2.45) is 11.5 Å². The summed E-state index contributed by atoms with van der Waals surface area (Å²) in [5.74, 6) is -0.943. The number of hydrogen-bond acceptors (Lipinski definition) is 5. The number of carbonyl (C=O) groups excluding carboxylic acids is 1. The molecule has 6 heteroatoms. The second-order valence-corrected chi connectivity index (χ2v) is 6.39. The SMILES string of the molecule is NCCCCCCCC(N)OC(=O)CCCCCCCCC(=O)O. The van der Waals surface area contributed by atoms with Crippen LogP contribution in [0.2, 0.25) is 0 Å². The number of ether oxygens (including phenoxy) is 1. The van der Waals surface area contributed by atoms with Gasteiger partial charge in [-0.2, -0.15) is 0 Å². The van der Waals surface area contributed by atoms with Crippen molar-refractivity contribution in [1.82, 2.24) is 0 Å². The van der Waals surface area contributed by atoms with Crippen molar-refractivity contribution in [2.75, 3.05) is 6.54 Å². The third-order valence-electron chi connectivity index (χ3n) is 4.00. The Morgan fingerprint density at radius 3 is 1.88 bits per heavy atom. The second kappa shape index (κ2) is 16.7. The molecule has 0 spiro atoms. The smallest absolute Gasteiger partial charge is 0.307 e. The van der Waals surface area contributed by atoms with Gasteiger partial charge in [-0.05, 0) is 38.6 Å². The maximum Gasteiger partial charge on any atom is 0.307 e. The van der Waals surface area contributed by atoms with Gasteiger partial charge in [0.25, 0.3) is 0 Å². The monoisotopic (exact) mass is 344 g/mol. The lowest BCUT2D eigenvalue weighted by atomic mass is 10.1. The fraction of sp³-hybridized carbons (Fsp3) is 0.889. The number of esters is 1. The fourth-order valence-corrected chi connectivity index (χ4v) is 2.56. The minimum absolute atomic E-state index is 0.212. The Labute approximate surface area is 146 Å². The molecule has 0 saturated heterocycles. The largest absolute Gasteiger partial charge is 0.481 e. The van der Waals surface area contributed by atoms with E-state index >= 15 is 0 Å². The fourth-order valence-electron chi connectivity index (χ4n) is 2.56. The number of carboxylic acids is 1. The van der Waals surface area contributed by atoms with Gasteiger partial charge in [-0.1, -0.05) is 44.9 Å². The third kappa shape index (κ3) is 17.2. The molecule has 0 heterocycles. The number of carbonyl (C=O) groups is 2. The zero-order valence-electron chi connectivity index (χ0n) is 15.0. The maximum absolute atomic E-state index is 11.7. The highest BCUT2D eigenvalue weighted by Crippen LogP contribution is 2.11. The molecule has 0 amide bonds. The molecule has 0 aromatic rings. The van der Waals surface area contributed by atoms with Gasteiger partial charge in [-0.15, -0.1) is 0 Å². The van der Waals surface area contributed by atoms with Gasteiger partial charge in [0.15, 0.2) is 6.23 Å². The van der Waals surface area contributed by atoms with E-state index in [2.05, 4.69) is 0 Å². The summed E-state index contributed by atoms with van der Waals surface area (Å²) < 4.78 is 5.20. The molecule has 5 N–H and O–H groups in total. The predicted octanol–water partition coefficient (Wildman–Crippen LogP) is 3.32. The number of nitrogens with two attached hydrogens (primary N) is 2. The second-order valence-electron chi connectivity index (χ2n) is 6.39. The number of rotatable bonds is 17. The van der Waals surface area contributed by atoms with Crippen LogP contribution in [0.3, 0.4) is 0 Å². The van der Waals surface area contributed by atoms with Crippen molar-refractivity contribution in [1.29, 1.82) is 0 Å². The molecule has 0 aromatic carbocycles. The van der Waals surface area contributed by atoms with Crippen molar-refractivity contribution >= 4 is 11.9 Å². The molecule has 1 atom stereocenters. The van der Waals surface area contributed by atoms with E-state index in [1.807, 2.05) is 0 Å². The van der Waals surface area contributed by atoms with Gasteiger partial charge in [-0.25, -0.2) is 0 Å². The van der Waals surface area contributed by atoms with Gasteiger partial charge in [0.2, 0.25) is 0 Å². The Bertz CT molecular complexity index is 324. The van der Waals surface area contributed by atoms with Crippen LogP contribution in [0.1, 0.15) is 89.9 Å². The van der Waals surface area contributed by atoms with Crippen LogP contribution in [0.4, 0.5) is 0 Å². The third-order valence-corrected chi connectivity index (χ3v) is 4.00. The first-order valence-corrected chi connectivity index (χ1v) is 9.43. The lowest BCUT2D eigenvalue weighted by Gasteiger charge is -2.13. The van der Waals surface area contributed by atoms with Crippen LogP contribution in [0.15, 0.2) is 0 Å². The molecule has 0 aliphatic rings. The molecule has 0 aliphatic carbocycles. The molecule has 0 bridgehead atoms. The Morgan fingerprint density at radius 2 is 1.29 bits per heavy atom. The Hall–Kier alpha value is -1.14. The summed E-state index contributed by atoms with van der Waals surface area (Å²) in [4.78, 5) is 22.0. The summed E-state index contributed by atoms with van der Waals surface area (Å²) >= 11 is 0. The van der Waals surface area contributed by atoms with E-state index in [9.17, 15) is 9.59 Å². The molecule has 0 saturated carbocycles. The zero-order valence-corrected chi connectivity index (χ0v) is 15.0. The molecule has 0 rings (SSSR count). The molecule has 0 aromatic heterocycles. The van der Waals surface area contributed by atoms with E-state index in [0.717, 1.165) is 83.6 Å². The molecule has 0 aliphatic heterocycles. The maximum atomic E-state index is 11.7. The van der Waals surface area contributed by atoms with Gasteiger partial charge in [0, 0.05) is 12.8 Å². The number of aliphatic carboxylic acids is 1. The van der Waals surface area contributed by atoms with E-state index in [-0.39, 0.29) is 12.4 Å². The number of unbranched alkanes of at least 4 members (excludes halogenated alkanes) is 9. The Morgan fingerprint density at radius 1 is 0.792 bits per heavy atom. The lowest BCUT2D eigenvalue weighted by molar-refractivity contribution is -0.149. The van der Waals surface area contributed by atoms with Crippen LogP contribution in [-0.4, -0.2) is 29.8 Å². The standard InChI is InChI=1S/C18H36N2O4/c19-15-11-7-3-4-8-12-16(20)24-18(23)14-10-6-2-1-5-9-13-17(21)22/h16H,1-15,19-20H2,(H,21,22).